The Balaban J connectivity index is 1.46. The predicted molar refractivity (Wildman–Crippen MR) is 94.4 cm³/mol. The van der Waals surface area contributed by atoms with Gasteiger partial charge in [0.25, 0.3) is 0 Å². The number of carbonyl (C=O) groups is 1. The number of nitrogens with zero attached hydrogens (tertiary/aromatic N) is 1. The lowest BCUT2D eigenvalue weighted by Gasteiger charge is -2.06. The number of amides is 1. The van der Waals surface area contributed by atoms with E-state index in [1.54, 1.807) is 36.4 Å². The minimum absolute atomic E-state index is 0.172. The van der Waals surface area contributed by atoms with Crippen molar-refractivity contribution in [2.45, 2.75) is 12.8 Å². The van der Waals surface area contributed by atoms with Gasteiger partial charge < -0.3 is 10.1 Å². The Hall–Kier alpha value is -2.18. The van der Waals surface area contributed by atoms with Crippen molar-refractivity contribution in [2.75, 3.05) is 11.9 Å². The number of hydrogen-bond donors (Lipinski definition) is 1. The normalized spacial score (nSPS) is 10.8. The second kappa shape index (κ2) is 7.59. The van der Waals surface area contributed by atoms with Crippen molar-refractivity contribution in [3.8, 4) is 5.75 Å². The van der Waals surface area contributed by atoms with Crippen LogP contribution in [0.2, 0.25) is 5.02 Å². The Kier molecular flexibility index (Phi) is 5.27. The first kappa shape index (κ1) is 16.7. The lowest BCUT2D eigenvalue weighted by Crippen LogP contribution is -2.12. The zero-order chi connectivity index (χ0) is 16.9. The highest BCUT2D eigenvalue weighted by molar-refractivity contribution is 7.22. The number of hydrogen-bond acceptors (Lipinski definition) is 4. The van der Waals surface area contributed by atoms with E-state index < -0.39 is 0 Å². The molecule has 3 aromatic rings. The van der Waals surface area contributed by atoms with Crippen LogP contribution in [0.5, 0.6) is 5.75 Å². The van der Waals surface area contributed by atoms with E-state index in [9.17, 15) is 9.18 Å². The van der Waals surface area contributed by atoms with E-state index in [0.717, 1.165) is 0 Å². The molecule has 0 unspecified atom stereocenters. The third-order valence-corrected chi connectivity index (χ3v) is 4.43. The van der Waals surface area contributed by atoms with Crippen LogP contribution in [-0.2, 0) is 4.79 Å². The molecule has 2 aromatic carbocycles. The van der Waals surface area contributed by atoms with Crippen LogP contribution in [0.15, 0.2) is 42.5 Å². The number of fused-ring (bicyclic) bond motifs is 1. The number of benzene rings is 2. The molecular weight excluding hydrogens is 351 g/mol. The fourth-order valence-corrected chi connectivity index (χ4v) is 3.13. The largest absolute Gasteiger partial charge is 0.494 e. The quantitative estimate of drug-likeness (QED) is 0.634. The predicted octanol–water partition coefficient (Wildman–Crippen LogP) is 4.89. The topological polar surface area (TPSA) is 51.2 Å². The Bertz CT molecular complexity index is 851. The molecule has 3 rings (SSSR count). The number of thiazole rings is 1. The maximum atomic E-state index is 13.6. The third-order valence-electron chi connectivity index (χ3n) is 3.25. The molecular formula is C17H14ClFN2O2S. The van der Waals surface area contributed by atoms with Gasteiger partial charge in [0.15, 0.2) is 5.13 Å². The van der Waals surface area contributed by atoms with Crippen LogP contribution in [-0.4, -0.2) is 17.5 Å². The smallest absolute Gasteiger partial charge is 0.226 e. The summed E-state index contributed by atoms with van der Waals surface area (Å²) in [5.41, 5.74) is 0.281. The molecule has 0 saturated heterocycles. The van der Waals surface area contributed by atoms with Crippen molar-refractivity contribution < 1.29 is 13.9 Å². The van der Waals surface area contributed by atoms with Gasteiger partial charge in [0.2, 0.25) is 5.91 Å². The van der Waals surface area contributed by atoms with Gasteiger partial charge in [-0.3, -0.25) is 4.79 Å². The van der Waals surface area contributed by atoms with Gasteiger partial charge in [-0.2, -0.15) is 0 Å². The Morgan fingerprint density at radius 3 is 2.79 bits per heavy atom. The van der Waals surface area contributed by atoms with Crippen molar-refractivity contribution in [1.82, 2.24) is 4.98 Å². The molecule has 0 atom stereocenters. The zero-order valence-electron chi connectivity index (χ0n) is 12.6. The van der Waals surface area contributed by atoms with Gasteiger partial charge >= 0.3 is 0 Å². The Labute approximate surface area is 147 Å². The minimum Gasteiger partial charge on any atom is -0.494 e. The molecule has 0 bridgehead atoms. The maximum Gasteiger partial charge on any atom is 0.226 e. The van der Waals surface area contributed by atoms with E-state index in [0.29, 0.717) is 40.1 Å². The monoisotopic (exact) mass is 364 g/mol. The molecule has 124 valence electrons. The second-order valence-electron chi connectivity index (χ2n) is 5.06. The van der Waals surface area contributed by atoms with Crippen LogP contribution >= 0.6 is 22.9 Å². The molecule has 0 aliphatic carbocycles. The summed E-state index contributed by atoms with van der Waals surface area (Å²) in [6.07, 6.45) is 0.861. The van der Waals surface area contributed by atoms with Crippen molar-refractivity contribution in [2.24, 2.45) is 0 Å². The molecule has 0 spiro atoms. The first-order chi connectivity index (χ1) is 11.6. The maximum absolute atomic E-state index is 13.6. The summed E-state index contributed by atoms with van der Waals surface area (Å²) in [5, 5.41) is 3.74. The Morgan fingerprint density at radius 1 is 1.25 bits per heavy atom. The van der Waals surface area contributed by atoms with E-state index in [-0.39, 0.29) is 17.2 Å². The van der Waals surface area contributed by atoms with Crippen LogP contribution in [0, 0.1) is 5.82 Å². The highest BCUT2D eigenvalue weighted by Gasteiger charge is 2.10. The number of rotatable bonds is 6. The van der Waals surface area contributed by atoms with Crippen LogP contribution in [0.3, 0.4) is 0 Å². The van der Waals surface area contributed by atoms with Crippen molar-refractivity contribution in [3.05, 3.63) is 53.3 Å². The average molecular weight is 365 g/mol. The molecule has 1 N–H and O–H groups in total. The molecule has 0 aliphatic rings. The summed E-state index contributed by atoms with van der Waals surface area (Å²) < 4.78 is 19.8. The number of nitrogens with one attached hydrogen (secondary N) is 1. The van der Waals surface area contributed by atoms with E-state index in [4.69, 9.17) is 16.3 Å². The van der Waals surface area contributed by atoms with Crippen molar-refractivity contribution >= 4 is 44.2 Å². The van der Waals surface area contributed by atoms with Gasteiger partial charge in [-0.05, 0) is 42.8 Å². The lowest BCUT2D eigenvalue weighted by molar-refractivity contribution is -0.116. The molecule has 0 saturated carbocycles. The van der Waals surface area contributed by atoms with E-state index in [1.165, 1.54) is 17.4 Å². The van der Waals surface area contributed by atoms with E-state index >= 15 is 0 Å². The van der Waals surface area contributed by atoms with Crippen molar-refractivity contribution in [1.29, 1.82) is 0 Å². The number of ether oxygens (including phenoxy) is 1. The summed E-state index contributed by atoms with van der Waals surface area (Å²) >= 11 is 7.04. The van der Waals surface area contributed by atoms with Gasteiger partial charge in [0.1, 0.15) is 17.1 Å². The highest BCUT2D eigenvalue weighted by atomic mass is 35.5. The first-order valence-electron chi connectivity index (χ1n) is 7.35. The van der Waals surface area contributed by atoms with Crippen LogP contribution in [0.25, 0.3) is 10.2 Å². The number of anilines is 1. The number of para-hydroxylation sites is 1. The minimum atomic E-state index is -0.388. The fourth-order valence-electron chi connectivity index (χ4n) is 2.10. The van der Waals surface area contributed by atoms with Gasteiger partial charge in [0.05, 0.1) is 11.3 Å². The van der Waals surface area contributed by atoms with Gasteiger partial charge in [-0.25, -0.2) is 9.37 Å². The third kappa shape index (κ3) is 4.21. The number of carbonyl (C=O) groups excluding carboxylic acids is 1. The fraction of sp³-hybridized carbons (Fsp3) is 0.176. The molecule has 0 aliphatic heterocycles. The molecule has 0 fully saturated rings. The molecule has 4 nitrogen and oxygen atoms in total. The van der Waals surface area contributed by atoms with Crippen molar-refractivity contribution in [3.63, 3.8) is 0 Å². The second-order valence-corrected chi connectivity index (χ2v) is 6.53. The Morgan fingerprint density at radius 2 is 2.04 bits per heavy atom. The summed E-state index contributed by atoms with van der Waals surface area (Å²) in [5.74, 6) is 0.149. The SMILES string of the molecule is O=C(CCCOc1ccc(Cl)cc1)Nc1nc2c(F)cccc2s1. The summed E-state index contributed by atoms with van der Waals surface area (Å²) in [7, 11) is 0. The lowest BCUT2D eigenvalue weighted by atomic mass is 10.3. The first-order valence-corrected chi connectivity index (χ1v) is 8.54. The highest BCUT2D eigenvalue weighted by Crippen LogP contribution is 2.27. The zero-order valence-corrected chi connectivity index (χ0v) is 14.2. The molecule has 1 amide bonds. The van der Waals surface area contributed by atoms with Crippen LogP contribution in [0.1, 0.15) is 12.8 Å². The van der Waals surface area contributed by atoms with Gasteiger partial charge in [0, 0.05) is 11.4 Å². The number of halogens is 2. The van der Waals surface area contributed by atoms with E-state index in [2.05, 4.69) is 10.3 Å². The summed E-state index contributed by atoms with van der Waals surface area (Å²) in [4.78, 5) is 16.0. The summed E-state index contributed by atoms with van der Waals surface area (Å²) in [6, 6.07) is 11.8. The molecule has 0 radical (unpaired) electrons. The molecule has 1 heterocycles. The molecule has 7 heteroatoms. The van der Waals surface area contributed by atoms with Gasteiger partial charge in [-0.15, -0.1) is 0 Å². The van der Waals surface area contributed by atoms with Gasteiger partial charge in [-0.1, -0.05) is 29.0 Å². The van der Waals surface area contributed by atoms with Crippen LogP contribution < -0.4 is 10.1 Å². The number of aromatic nitrogens is 1. The molecule has 1 aromatic heterocycles. The average Bonchev–Trinajstić information content (AvgIpc) is 2.97. The standard InChI is InChI=1S/C17H14ClFN2O2S/c18-11-6-8-12(9-7-11)23-10-2-5-15(22)20-17-21-16-13(19)3-1-4-14(16)24-17/h1,3-4,6-9H,2,5,10H2,(H,20,21,22). The van der Waals surface area contributed by atoms with E-state index in [1.807, 2.05) is 0 Å². The summed E-state index contributed by atoms with van der Waals surface area (Å²) in [6.45, 7) is 0.420. The molecule has 24 heavy (non-hydrogen) atoms. The van der Waals surface area contributed by atoms with Crippen LogP contribution in [0.4, 0.5) is 9.52 Å².